The number of thioether (sulfide) groups is 1. The maximum Gasteiger partial charge on any atom is 0.288 e. The van der Waals surface area contributed by atoms with Gasteiger partial charge >= 0.3 is 0 Å². The minimum Gasteiger partial charge on any atom is -0.338 e. The van der Waals surface area contributed by atoms with Gasteiger partial charge in [-0.1, -0.05) is 11.8 Å². The summed E-state index contributed by atoms with van der Waals surface area (Å²) in [6.07, 6.45) is 3.12. The number of hydrogen-bond donors (Lipinski definition) is 1. The number of likely N-dealkylation sites (tertiary alicyclic amines) is 1. The van der Waals surface area contributed by atoms with Gasteiger partial charge in [0.1, 0.15) is 4.88 Å². The molecule has 0 aliphatic carbocycles. The van der Waals surface area contributed by atoms with E-state index in [-0.39, 0.29) is 5.91 Å². The number of carbonyl (C=O) groups is 1. The molecule has 0 bridgehead atoms. The third kappa shape index (κ3) is 4.66. The molecule has 2 rings (SSSR count). The Balaban J connectivity index is 1.91. The number of amides is 1. The maximum atomic E-state index is 12.5. The van der Waals surface area contributed by atoms with Crippen molar-refractivity contribution in [2.24, 2.45) is 5.92 Å². The number of thiophene rings is 1. The molecule has 1 amide bonds. The standard InChI is InChI=1S/C14H20F2N2OS2/c1-17-6-2-10-3-7-18(8-4-10)13(19)12-11(5-9-20-12)21-14(15)16/h5,9-10,14,17H,2-4,6-8H2,1H3. The van der Waals surface area contributed by atoms with E-state index in [0.717, 1.165) is 38.9 Å². The second-order valence-corrected chi connectivity index (χ2v) is 7.07. The Labute approximate surface area is 132 Å². The highest BCUT2D eigenvalue weighted by Crippen LogP contribution is 2.33. The van der Waals surface area contributed by atoms with Crippen LogP contribution in [0.5, 0.6) is 0 Å². The largest absolute Gasteiger partial charge is 0.338 e. The molecule has 7 heteroatoms. The quantitative estimate of drug-likeness (QED) is 0.808. The van der Waals surface area contributed by atoms with Crippen LogP contribution in [-0.2, 0) is 0 Å². The minimum absolute atomic E-state index is 0.0970. The van der Waals surface area contributed by atoms with Crippen LogP contribution in [0.3, 0.4) is 0 Å². The van der Waals surface area contributed by atoms with Crippen molar-refractivity contribution >= 4 is 29.0 Å². The van der Waals surface area contributed by atoms with Gasteiger partial charge in [0.25, 0.3) is 11.7 Å². The van der Waals surface area contributed by atoms with Crippen LogP contribution in [-0.4, -0.2) is 43.2 Å². The van der Waals surface area contributed by atoms with Gasteiger partial charge in [-0.05, 0) is 50.2 Å². The van der Waals surface area contributed by atoms with Crippen molar-refractivity contribution in [2.45, 2.75) is 29.9 Å². The molecule has 1 fully saturated rings. The van der Waals surface area contributed by atoms with Gasteiger partial charge in [0, 0.05) is 18.0 Å². The molecule has 21 heavy (non-hydrogen) atoms. The van der Waals surface area contributed by atoms with Crippen LogP contribution < -0.4 is 5.32 Å². The Morgan fingerprint density at radius 3 is 2.86 bits per heavy atom. The van der Waals surface area contributed by atoms with Gasteiger partial charge in [0.2, 0.25) is 0 Å². The van der Waals surface area contributed by atoms with E-state index in [1.165, 1.54) is 11.3 Å². The number of piperidine rings is 1. The van der Waals surface area contributed by atoms with Gasteiger partial charge in [-0.3, -0.25) is 4.79 Å². The highest BCUT2D eigenvalue weighted by atomic mass is 32.2. The maximum absolute atomic E-state index is 12.5. The number of halogens is 2. The zero-order chi connectivity index (χ0) is 15.2. The van der Waals surface area contributed by atoms with E-state index in [2.05, 4.69) is 5.32 Å². The van der Waals surface area contributed by atoms with Crippen molar-refractivity contribution in [3.63, 3.8) is 0 Å². The first-order chi connectivity index (χ1) is 10.1. The van der Waals surface area contributed by atoms with Crippen molar-refractivity contribution in [2.75, 3.05) is 26.7 Å². The van der Waals surface area contributed by atoms with Gasteiger partial charge in [-0.15, -0.1) is 11.3 Å². The van der Waals surface area contributed by atoms with Crippen molar-refractivity contribution in [3.05, 3.63) is 16.3 Å². The number of rotatable bonds is 6. The molecule has 1 aromatic rings. The van der Waals surface area contributed by atoms with E-state index in [9.17, 15) is 13.6 Å². The topological polar surface area (TPSA) is 32.3 Å². The molecule has 0 unspecified atom stereocenters. The van der Waals surface area contributed by atoms with E-state index in [1.54, 1.807) is 16.3 Å². The molecule has 1 aromatic heterocycles. The molecule has 1 aliphatic heterocycles. The number of carbonyl (C=O) groups excluding carboxylic acids is 1. The highest BCUT2D eigenvalue weighted by Gasteiger charge is 2.26. The van der Waals surface area contributed by atoms with E-state index in [0.29, 0.717) is 27.5 Å². The Morgan fingerprint density at radius 1 is 1.52 bits per heavy atom. The average Bonchev–Trinajstić information content (AvgIpc) is 2.92. The average molecular weight is 334 g/mol. The molecule has 118 valence electrons. The molecule has 2 heterocycles. The molecule has 0 radical (unpaired) electrons. The predicted octanol–water partition coefficient (Wildman–Crippen LogP) is 3.52. The fourth-order valence-electron chi connectivity index (χ4n) is 2.56. The summed E-state index contributed by atoms with van der Waals surface area (Å²) in [4.78, 5) is 15.1. The molecular weight excluding hydrogens is 314 g/mol. The first-order valence-corrected chi connectivity index (χ1v) is 8.84. The van der Waals surface area contributed by atoms with Crippen molar-refractivity contribution in [1.29, 1.82) is 0 Å². The summed E-state index contributed by atoms with van der Waals surface area (Å²) in [5.74, 6) is -1.93. The monoisotopic (exact) mass is 334 g/mol. The lowest BCUT2D eigenvalue weighted by molar-refractivity contribution is 0.0689. The first-order valence-electron chi connectivity index (χ1n) is 7.08. The number of alkyl halides is 2. The van der Waals surface area contributed by atoms with E-state index in [4.69, 9.17) is 0 Å². The van der Waals surface area contributed by atoms with Crippen LogP contribution in [0.2, 0.25) is 0 Å². The van der Waals surface area contributed by atoms with Crippen molar-refractivity contribution in [1.82, 2.24) is 10.2 Å². The van der Waals surface area contributed by atoms with Crippen molar-refractivity contribution < 1.29 is 13.6 Å². The summed E-state index contributed by atoms with van der Waals surface area (Å²) in [6, 6.07) is 1.61. The SMILES string of the molecule is CNCCC1CCN(C(=O)c2sccc2SC(F)F)CC1. The number of nitrogens with one attached hydrogen (secondary N) is 1. The molecule has 0 saturated carbocycles. The van der Waals surface area contributed by atoms with Crippen LogP contribution in [0.15, 0.2) is 16.3 Å². The summed E-state index contributed by atoms with van der Waals surface area (Å²) in [5.41, 5.74) is 0. The second kappa shape index (κ2) is 8.10. The lowest BCUT2D eigenvalue weighted by Crippen LogP contribution is -2.38. The summed E-state index contributed by atoms with van der Waals surface area (Å²) >= 11 is 1.71. The minimum atomic E-state index is -2.49. The highest BCUT2D eigenvalue weighted by molar-refractivity contribution is 7.99. The summed E-state index contributed by atoms with van der Waals surface area (Å²) in [5, 5.41) is 4.85. The molecule has 0 spiro atoms. The van der Waals surface area contributed by atoms with Gasteiger partial charge in [0.15, 0.2) is 0 Å². The molecular formula is C14H20F2N2OS2. The Hall–Kier alpha value is -0.660. The van der Waals surface area contributed by atoms with E-state index < -0.39 is 5.76 Å². The van der Waals surface area contributed by atoms with Crippen LogP contribution in [0, 0.1) is 5.92 Å². The fourth-order valence-corrected chi connectivity index (χ4v) is 4.22. The van der Waals surface area contributed by atoms with Gasteiger partial charge in [-0.25, -0.2) is 0 Å². The fraction of sp³-hybridized carbons (Fsp3) is 0.643. The van der Waals surface area contributed by atoms with Crippen LogP contribution in [0.1, 0.15) is 28.9 Å². The van der Waals surface area contributed by atoms with Crippen LogP contribution in [0.25, 0.3) is 0 Å². The summed E-state index contributed by atoms with van der Waals surface area (Å²) < 4.78 is 25.0. The van der Waals surface area contributed by atoms with E-state index in [1.807, 2.05) is 7.05 Å². The lowest BCUT2D eigenvalue weighted by atomic mass is 9.93. The predicted molar refractivity (Wildman–Crippen MR) is 83.4 cm³/mol. The zero-order valence-corrected chi connectivity index (χ0v) is 13.6. The van der Waals surface area contributed by atoms with Crippen molar-refractivity contribution in [3.8, 4) is 0 Å². The van der Waals surface area contributed by atoms with Gasteiger partial charge in [0.05, 0.1) is 0 Å². The summed E-state index contributed by atoms with van der Waals surface area (Å²) in [7, 11) is 1.94. The van der Waals surface area contributed by atoms with Gasteiger partial charge in [-0.2, -0.15) is 8.78 Å². The smallest absolute Gasteiger partial charge is 0.288 e. The van der Waals surface area contributed by atoms with Gasteiger partial charge < -0.3 is 10.2 Å². The second-order valence-electron chi connectivity index (χ2n) is 5.12. The lowest BCUT2D eigenvalue weighted by Gasteiger charge is -2.32. The number of hydrogen-bond acceptors (Lipinski definition) is 4. The first kappa shape index (κ1) is 16.7. The molecule has 1 N–H and O–H groups in total. The van der Waals surface area contributed by atoms with Crippen LogP contribution in [0.4, 0.5) is 8.78 Å². The Morgan fingerprint density at radius 2 is 2.24 bits per heavy atom. The molecule has 1 aliphatic rings. The Kier molecular flexibility index (Phi) is 6.44. The number of nitrogens with zero attached hydrogens (tertiary/aromatic N) is 1. The molecule has 0 atom stereocenters. The third-order valence-corrected chi connectivity index (χ3v) is 5.55. The summed E-state index contributed by atoms with van der Waals surface area (Å²) in [6.45, 7) is 2.45. The van der Waals surface area contributed by atoms with E-state index >= 15 is 0 Å². The third-order valence-electron chi connectivity index (χ3n) is 3.74. The molecule has 3 nitrogen and oxygen atoms in total. The van der Waals surface area contributed by atoms with Crippen LogP contribution >= 0.6 is 23.1 Å². The molecule has 1 saturated heterocycles. The molecule has 0 aromatic carbocycles. The Bertz CT molecular complexity index is 460. The zero-order valence-electron chi connectivity index (χ0n) is 12.0. The normalized spacial score (nSPS) is 16.7.